The van der Waals surface area contributed by atoms with Crippen molar-refractivity contribution in [1.82, 2.24) is 5.32 Å². The van der Waals surface area contributed by atoms with Gasteiger partial charge in [-0.1, -0.05) is 35.9 Å². The smallest absolute Gasteiger partial charge is 0.275 e. The Morgan fingerprint density at radius 1 is 1.12 bits per heavy atom. The first-order valence-corrected chi connectivity index (χ1v) is 11.6. The topological polar surface area (TPSA) is 53.9 Å². The zero-order valence-corrected chi connectivity index (χ0v) is 19.3. The highest BCUT2D eigenvalue weighted by molar-refractivity contribution is 6.31. The number of amides is 1. The third kappa shape index (κ3) is 4.05. The van der Waals surface area contributed by atoms with Crippen LogP contribution in [0.1, 0.15) is 24.1 Å². The molecule has 1 unspecified atom stereocenters. The Morgan fingerprint density at radius 3 is 2.59 bits per heavy atom. The van der Waals surface area contributed by atoms with Crippen molar-refractivity contribution in [2.45, 2.75) is 13.0 Å². The predicted molar refractivity (Wildman–Crippen MR) is 132 cm³/mol. The number of carbonyl (C=O) groups is 1. The van der Waals surface area contributed by atoms with Crippen LogP contribution in [-0.2, 0) is 4.79 Å². The van der Waals surface area contributed by atoms with Gasteiger partial charge in [-0.25, -0.2) is 4.39 Å². The normalized spacial score (nSPS) is 17.7. The van der Waals surface area contributed by atoms with Crippen LogP contribution in [0.3, 0.4) is 0 Å². The Bertz CT molecular complexity index is 1290. The standard InChI is InChI=1S/C27H23ClFN3O2/c1-2-34-22-12-10-21(11-13-22)32-26(18-4-3-5-20(29)16-18)23-24(17-6-8-19(28)9-7-17)30-14-15-31-25(23)27(32)33/h3-13,16,26,31H,2,14-15H2,1H3. The van der Waals surface area contributed by atoms with Crippen molar-refractivity contribution in [2.75, 3.05) is 24.6 Å². The molecule has 2 heterocycles. The largest absolute Gasteiger partial charge is 0.494 e. The van der Waals surface area contributed by atoms with Crippen LogP contribution in [-0.4, -0.2) is 31.3 Å². The van der Waals surface area contributed by atoms with Crippen LogP contribution in [0.4, 0.5) is 10.1 Å². The van der Waals surface area contributed by atoms with Gasteiger partial charge in [0.05, 0.1) is 24.9 Å². The van der Waals surface area contributed by atoms with Crippen molar-refractivity contribution in [2.24, 2.45) is 4.99 Å². The van der Waals surface area contributed by atoms with E-state index in [9.17, 15) is 9.18 Å². The first kappa shape index (κ1) is 22.2. The predicted octanol–water partition coefficient (Wildman–Crippen LogP) is 5.31. The molecule has 2 aliphatic rings. The number of hydrogen-bond donors (Lipinski definition) is 1. The zero-order valence-electron chi connectivity index (χ0n) is 18.6. The fraction of sp³-hybridized carbons (Fsp3) is 0.185. The SMILES string of the molecule is CCOc1ccc(N2C(=O)C3=C(C(c4ccc(Cl)cc4)=NCCN3)C2c2cccc(F)c2)cc1. The number of hydrogen-bond acceptors (Lipinski definition) is 4. The molecular weight excluding hydrogens is 453 g/mol. The maximum absolute atomic E-state index is 14.4. The molecule has 0 aliphatic carbocycles. The monoisotopic (exact) mass is 475 g/mol. The summed E-state index contributed by atoms with van der Waals surface area (Å²) in [5, 5.41) is 3.90. The number of ether oxygens (including phenoxy) is 1. The molecule has 0 radical (unpaired) electrons. The van der Waals surface area contributed by atoms with E-state index in [0.29, 0.717) is 47.4 Å². The van der Waals surface area contributed by atoms with Crippen molar-refractivity contribution in [3.8, 4) is 5.75 Å². The molecule has 1 amide bonds. The lowest BCUT2D eigenvalue weighted by Gasteiger charge is -2.28. The van der Waals surface area contributed by atoms with Gasteiger partial charge in [0.2, 0.25) is 0 Å². The first-order chi connectivity index (χ1) is 16.6. The van der Waals surface area contributed by atoms with Crippen molar-refractivity contribution in [3.63, 3.8) is 0 Å². The van der Waals surface area contributed by atoms with Gasteiger partial charge in [-0.15, -0.1) is 0 Å². The van der Waals surface area contributed by atoms with Crippen LogP contribution in [0.5, 0.6) is 5.75 Å². The number of rotatable bonds is 5. The summed E-state index contributed by atoms with van der Waals surface area (Å²) in [7, 11) is 0. The molecule has 0 spiro atoms. The molecule has 3 aromatic carbocycles. The van der Waals surface area contributed by atoms with E-state index in [-0.39, 0.29) is 11.7 Å². The minimum absolute atomic E-state index is 0.183. The molecule has 0 saturated carbocycles. The van der Waals surface area contributed by atoms with Crippen molar-refractivity contribution >= 4 is 28.9 Å². The number of nitrogens with one attached hydrogen (secondary N) is 1. The molecule has 5 nitrogen and oxygen atoms in total. The second-order valence-electron chi connectivity index (χ2n) is 8.01. The highest BCUT2D eigenvalue weighted by Crippen LogP contribution is 2.43. The van der Waals surface area contributed by atoms with E-state index >= 15 is 0 Å². The van der Waals surface area contributed by atoms with E-state index in [0.717, 1.165) is 16.9 Å². The molecule has 172 valence electrons. The minimum Gasteiger partial charge on any atom is -0.494 e. The fourth-order valence-corrected chi connectivity index (χ4v) is 4.58. The fourth-order valence-electron chi connectivity index (χ4n) is 4.45. The maximum atomic E-state index is 14.4. The van der Waals surface area contributed by atoms with Crippen molar-refractivity contribution in [1.29, 1.82) is 0 Å². The number of nitrogens with zero attached hydrogens (tertiary/aromatic N) is 2. The molecule has 34 heavy (non-hydrogen) atoms. The number of benzene rings is 3. The third-order valence-corrected chi connectivity index (χ3v) is 6.13. The number of carbonyl (C=O) groups excluding carboxylic acids is 1. The number of aliphatic imine (C=N–C) groups is 1. The Balaban J connectivity index is 1.68. The summed E-state index contributed by atoms with van der Waals surface area (Å²) < 4.78 is 19.9. The van der Waals surface area contributed by atoms with Crippen LogP contribution in [0.15, 0.2) is 89.1 Å². The molecule has 7 heteroatoms. The Morgan fingerprint density at radius 2 is 1.88 bits per heavy atom. The lowest BCUT2D eigenvalue weighted by atomic mass is 9.91. The molecule has 1 N–H and O–H groups in total. The van der Waals surface area contributed by atoms with Crippen LogP contribution >= 0.6 is 11.6 Å². The van der Waals surface area contributed by atoms with Gasteiger partial charge >= 0.3 is 0 Å². The van der Waals surface area contributed by atoms with Gasteiger partial charge in [-0.05, 0) is 61.0 Å². The maximum Gasteiger partial charge on any atom is 0.275 e. The molecule has 0 fully saturated rings. The molecule has 3 aromatic rings. The van der Waals surface area contributed by atoms with Crippen LogP contribution < -0.4 is 15.0 Å². The zero-order chi connectivity index (χ0) is 23.7. The molecule has 5 rings (SSSR count). The number of anilines is 1. The van der Waals surface area contributed by atoms with E-state index in [4.69, 9.17) is 21.3 Å². The Kier molecular flexibility index (Phi) is 6.07. The quantitative estimate of drug-likeness (QED) is 0.544. The Labute approximate surface area is 202 Å². The summed E-state index contributed by atoms with van der Waals surface area (Å²) in [6.45, 7) is 3.50. The Hall–Kier alpha value is -3.64. The van der Waals surface area contributed by atoms with Gasteiger partial charge in [0.25, 0.3) is 5.91 Å². The van der Waals surface area contributed by atoms with E-state index < -0.39 is 6.04 Å². The lowest BCUT2D eigenvalue weighted by molar-refractivity contribution is -0.115. The van der Waals surface area contributed by atoms with Gasteiger partial charge < -0.3 is 10.1 Å². The van der Waals surface area contributed by atoms with Crippen molar-refractivity contribution < 1.29 is 13.9 Å². The summed E-state index contributed by atoms with van der Waals surface area (Å²) in [6, 6.07) is 20.6. The van der Waals surface area contributed by atoms with Crippen LogP contribution in [0.2, 0.25) is 5.02 Å². The van der Waals surface area contributed by atoms with E-state index in [1.807, 2.05) is 49.4 Å². The van der Waals surface area contributed by atoms with Gasteiger partial charge in [0.15, 0.2) is 0 Å². The summed E-state index contributed by atoms with van der Waals surface area (Å²) >= 11 is 6.12. The summed E-state index contributed by atoms with van der Waals surface area (Å²) in [5.41, 5.74) is 4.11. The van der Waals surface area contributed by atoms with Gasteiger partial charge in [-0.3, -0.25) is 14.7 Å². The second kappa shape index (κ2) is 9.31. The van der Waals surface area contributed by atoms with Crippen LogP contribution in [0, 0.1) is 5.82 Å². The van der Waals surface area contributed by atoms with Crippen molar-refractivity contribution in [3.05, 3.63) is 106 Å². The molecule has 1 atom stereocenters. The highest BCUT2D eigenvalue weighted by atomic mass is 35.5. The van der Waals surface area contributed by atoms with E-state index in [1.165, 1.54) is 12.1 Å². The van der Waals surface area contributed by atoms with E-state index in [1.54, 1.807) is 23.1 Å². The summed E-state index contributed by atoms with van der Waals surface area (Å²) in [6.07, 6.45) is 0. The average molecular weight is 476 g/mol. The summed E-state index contributed by atoms with van der Waals surface area (Å²) in [5.74, 6) is 0.172. The minimum atomic E-state index is -0.559. The van der Waals surface area contributed by atoms with Gasteiger partial charge in [0.1, 0.15) is 17.3 Å². The molecule has 0 aromatic heterocycles. The highest BCUT2D eigenvalue weighted by Gasteiger charge is 2.44. The molecular formula is C27H23ClFN3O2. The lowest BCUT2D eigenvalue weighted by Crippen LogP contribution is -2.33. The molecule has 0 saturated heterocycles. The van der Waals surface area contributed by atoms with Crippen LogP contribution in [0.25, 0.3) is 0 Å². The van der Waals surface area contributed by atoms with Gasteiger partial charge in [0, 0.05) is 28.4 Å². The third-order valence-electron chi connectivity index (χ3n) is 5.88. The second-order valence-corrected chi connectivity index (χ2v) is 8.45. The summed E-state index contributed by atoms with van der Waals surface area (Å²) in [4.78, 5) is 20.3. The van der Waals surface area contributed by atoms with Gasteiger partial charge in [-0.2, -0.15) is 0 Å². The molecule has 2 aliphatic heterocycles. The first-order valence-electron chi connectivity index (χ1n) is 11.2. The van der Waals surface area contributed by atoms with E-state index in [2.05, 4.69) is 5.32 Å². The molecule has 0 bridgehead atoms. The average Bonchev–Trinajstić information content (AvgIpc) is 2.98. The number of halogens is 2.